The van der Waals surface area contributed by atoms with Crippen molar-refractivity contribution in [3.8, 4) is 0 Å². The molecule has 0 spiro atoms. The third-order valence-corrected chi connectivity index (χ3v) is 6.75. The number of aromatic nitrogens is 1. The normalized spacial score (nSPS) is 16.3. The minimum Gasteiger partial charge on any atom is -0.355 e. The summed E-state index contributed by atoms with van der Waals surface area (Å²) in [6, 6.07) is 4.02. The Labute approximate surface area is 187 Å². The van der Waals surface area contributed by atoms with Crippen LogP contribution >= 0.6 is 0 Å². The zero-order chi connectivity index (χ0) is 24.8. The van der Waals surface area contributed by atoms with Crippen LogP contribution in [0.3, 0.4) is 0 Å². The van der Waals surface area contributed by atoms with E-state index in [9.17, 15) is 36.0 Å². The molecular formula is C20H19F3N4O5S. The first-order chi connectivity index (χ1) is 15.2. The fourth-order valence-corrected chi connectivity index (χ4v) is 4.07. The van der Waals surface area contributed by atoms with Crippen molar-refractivity contribution in [2.45, 2.75) is 36.3 Å². The van der Waals surface area contributed by atoms with E-state index in [1.165, 1.54) is 44.3 Å². The van der Waals surface area contributed by atoms with E-state index in [-0.39, 0.29) is 17.8 Å². The van der Waals surface area contributed by atoms with Gasteiger partial charge in [0.2, 0.25) is 0 Å². The molecule has 3 rings (SSSR count). The van der Waals surface area contributed by atoms with E-state index in [4.69, 9.17) is 0 Å². The fourth-order valence-electron chi connectivity index (χ4n) is 3.31. The number of benzene rings is 1. The summed E-state index contributed by atoms with van der Waals surface area (Å²) in [6.45, 7) is 2.84. The average Bonchev–Trinajstić information content (AvgIpc) is 2.92. The quantitative estimate of drug-likeness (QED) is 0.652. The van der Waals surface area contributed by atoms with Gasteiger partial charge in [-0.1, -0.05) is 0 Å². The zero-order valence-electron chi connectivity index (χ0n) is 17.7. The van der Waals surface area contributed by atoms with Crippen molar-refractivity contribution in [2.24, 2.45) is 0 Å². The van der Waals surface area contributed by atoms with Crippen LogP contribution in [0.15, 0.2) is 47.6 Å². The number of nitrogens with zero attached hydrogens (tertiary/aromatic N) is 3. The number of hydrogen-bond donors (Lipinski definition) is 1. The maximum Gasteiger partial charge on any atom is 0.501 e. The molecule has 2 aromatic rings. The predicted molar refractivity (Wildman–Crippen MR) is 110 cm³/mol. The second-order valence-corrected chi connectivity index (χ2v) is 9.56. The van der Waals surface area contributed by atoms with Gasteiger partial charge in [-0.2, -0.15) is 13.2 Å². The minimum absolute atomic E-state index is 0.0945. The lowest BCUT2D eigenvalue weighted by atomic mass is 10.0. The van der Waals surface area contributed by atoms with Crippen molar-refractivity contribution in [3.05, 3.63) is 53.9 Å². The van der Waals surface area contributed by atoms with E-state index in [0.717, 1.165) is 17.0 Å². The molecular weight excluding hydrogens is 465 g/mol. The number of alkyl halides is 3. The molecule has 0 bridgehead atoms. The molecule has 176 valence electrons. The van der Waals surface area contributed by atoms with Crippen molar-refractivity contribution in [1.82, 2.24) is 15.2 Å². The summed E-state index contributed by atoms with van der Waals surface area (Å²) in [6.07, 6.45) is 2.75. The maximum absolute atomic E-state index is 13.1. The first-order valence-electron chi connectivity index (χ1n) is 9.46. The molecule has 0 unspecified atom stereocenters. The highest BCUT2D eigenvalue weighted by atomic mass is 32.2. The number of nitrogens with one attached hydrogen (secondary N) is 1. The van der Waals surface area contributed by atoms with Crippen molar-refractivity contribution >= 4 is 33.4 Å². The van der Waals surface area contributed by atoms with Gasteiger partial charge in [-0.25, -0.2) is 18.1 Å². The molecule has 1 aliphatic heterocycles. The predicted octanol–water partition coefficient (Wildman–Crippen LogP) is 2.48. The lowest BCUT2D eigenvalue weighted by molar-refractivity contribution is -0.123. The highest BCUT2D eigenvalue weighted by Gasteiger charge is 2.52. The third-order valence-electron chi connectivity index (χ3n) is 5.24. The molecule has 1 aliphatic rings. The van der Waals surface area contributed by atoms with E-state index in [0.29, 0.717) is 17.7 Å². The molecule has 1 N–H and O–H groups in total. The van der Waals surface area contributed by atoms with Gasteiger partial charge in [0, 0.05) is 26.0 Å². The Hall–Kier alpha value is -3.48. The molecule has 0 saturated carbocycles. The summed E-state index contributed by atoms with van der Waals surface area (Å²) in [4.78, 5) is 43.1. The Morgan fingerprint density at radius 1 is 1.12 bits per heavy atom. The van der Waals surface area contributed by atoms with Crippen LogP contribution in [0.25, 0.3) is 0 Å². The summed E-state index contributed by atoms with van der Waals surface area (Å²) in [5.41, 5.74) is -6.32. The highest BCUT2D eigenvalue weighted by Crippen LogP contribution is 2.35. The summed E-state index contributed by atoms with van der Waals surface area (Å²) in [5, 5.41) is 2.46. The van der Waals surface area contributed by atoms with Crippen molar-refractivity contribution in [1.29, 1.82) is 0 Å². The topological polar surface area (TPSA) is 117 Å². The second kappa shape index (κ2) is 8.14. The second-order valence-electron chi connectivity index (χ2n) is 7.62. The van der Waals surface area contributed by atoms with Gasteiger partial charge in [0.15, 0.2) is 0 Å². The van der Waals surface area contributed by atoms with Crippen LogP contribution in [0.1, 0.15) is 29.8 Å². The molecule has 1 fully saturated rings. The van der Waals surface area contributed by atoms with Crippen LogP contribution in [0.5, 0.6) is 0 Å². The zero-order valence-corrected chi connectivity index (χ0v) is 18.5. The van der Waals surface area contributed by atoms with Crippen molar-refractivity contribution < 1.29 is 36.0 Å². The Kier molecular flexibility index (Phi) is 5.96. The van der Waals surface area contributed by atoms with E-state index in [1.807, 2.05) is 0 Å². The Balaban J connectivity index is 1.96. The molecule has 9 nitrogen and oxygen atoms in total. The number of halogens is 3. The first kappa shape index (κ1) is 24.2. The molecule has 2 heterocycles. The summed E-state index contributed by atoms with van der Waals surface area (Å²) in [5.74, 6) is -1.11. The van der Waals surface area contributed by atoms with Gasteiger partial charge in [-0.05, 0) is 49.7 Å². The maximum atomic E-state index is 13.1. The van der Waals surface area contributed by atoms with Crippen molar-refractivity contribution in [2.75, 3.05) is 11.9 Å². The third kappa shape index (κ3) is 4.03. The largest absolute Gasteiger partial charge is 0.501 e. The Morgan fingerprint density at radius 3 is 2.27 bits per heavy atom. The van der Waals surface area contributed by atoms with Crippen LogP contribution < -0.4 is 10.2 Å². The number of carbonyl (C=O) groups is 3. The van der Waals surface area contributed by atoms with E-state index in [2.05, 4.69) is 10.3 Å². The molecule has 33 heavy (non-hydrogen) atoms. The van der Waals surface area contributed by atoms with E-state index < -0.39 is 43.6 Å². The van der Waals surface area contributed by atoms with Crippen LogP contribution in [0.2, 0.25) is 0 Å². The van der Waals surface area contributed by atoms with Crippen LogP contribution in [-0.4, -0.2) is 54.2 Å². The van der Waals surface area contributed by atoms with E-state index in [1.54, 1.807) is 0 Å². The lowest BCUT2D eigenvalue weighted by Crippen LogP contribution is -2.44. The van der Waals surface area contributed by atoms with Gasteiger partial charge in [0.1, 0.15) is 5.54 Å². The molecule has 1 aromatic carbocycles. The number of rotatable bonds is 5. The van der Waals surface area contributed by atoms with Gasteiger partial charge < -0.3 is 10.2 Å². The fraction of sp³-hybridized carbons (Fsp3) is 0.300. The van der Waals surface area contributed by atoms with Gasteiger partial charge in [0.25, 0.3) is 21.7 Å². The molecule has 1 saturated heterocycles. The molecule has 0 aliphatic carbocycles. The minimum atomic E-state index is -5.58. The number of anilines is 1. The number of imide groups is 1. The first-order valence-corrected chi connectivity index (χ1v) is 10.9. The molecule has 4 amide bonds. The van der Waals surface area contributed by atoms with Crippen LogP contribution in [0, 0.1) is 0 Å². The molecule has 1 aromatic heterocycles. The van der Waals surface area contributed by atoms with Gasteiger partial charge in [-0.15, -0.1) is 0 Å². The van der Waals surface area contributed by atoms with Gasteiger partial charge >= 0.3 is 11.5 Å². The number of pyridine rings is 1. The SMILES string of the molecule is CNC(=O)c1cnccc1CN1C(=O)N(c2ccc(S(=O)(=O)C(F)(F)F)cc2)C(=O)C1(C)C. The van der Waals surface area contributed by atoms with Gasteiger partial charge in [0.05, 0.1) is 16.1 Å². The number of carbonyl (C=O) groups excluding carboxylic acids is 3. The standard InChI is InChI=1S/C20H19F3N4O5S/c1-19(2)17(29)27(13-4-6-14(7-5-13)33(31,32)20(21,22)23)18(30)26(19)11-12-8-9-25-10-15(12)16(28)24-3/h4-10H,11H2,1-3H3,(H,24,28). The molecule has 13 heteroatoms. The number of amides is 4. The van der Waals surface area contributed by atoms with Crippen LogP contribution in [0.4, 0.5) is 23.7 Å². The average molecular weight is 484 g/mol. The number of hydrogen-bond acceptors (Lipinski definition) is 6. The Bertz CT molecular complexity index is 1230. The molecule has 0 radical (unpaired) electrons. The van der Waals surface area contributed by atoms with E-state index >= 15 is 0 Å². The van der Waals surface area contributed by atoms with Crippen molar-refractivity contribution in [3.63, 3.8) is 0 Å². The van der Waals surface area contributed by atoms with Gasteiger partial charge in [-0.3, -0.25) is 14.6 Å². The number of sulfone groups is 1. The smallest absolute Gasteiger partial charge is 0.355 e. The van der Waals surface area contributed by atoms with Crippen LogP contribution in [-0.2, 0) is 21.2 Å². The summed E-state index contributed by atoms with van der Waals surface area (Å²) < 4.78 is 61.5. The number of urea groups is 1. The summed E-state index contributed by atoms with van der Waals surface area (Å²) in [7, 11) is -4.15. The Morgan fingerprint density at radius 2 is 1.73 bits per heavy atom. The molecule has 0 atom stereocenters. The highest BCUT2D eigenvalue weighted by molar-refractivity contribution is 7.92. The summed E-state index contributed by atoms with van der Waals surface area (Å²) >= 11 is 0. The lowest BCUT2D eigenvalue weighted by Gasteiger charge is -2.28. The monoisotopic (exact) mass is 484 g/mol.